The van der Waals surface area contributed by atoms with Crippen LogP contribution in [-0.4, -0.2) is 37.2 Å². The predicted molar refractivity (Wildman–Crippen MR) is 96.2 cm³/mol. The zero-order valence-corrected chi connectivity index (χ0v) is 15.2. The largest absolute Gasteiger partial charge is 0.490 e. The van der Waals surface area contributed by atoms with Crippen LogP contribution in [0.3, 0.4) is 0 Å². The van der Waals surface area contributed by atoms with Gasteiger partial charge in [0.1, 0.15) is 18.1 Å². The number of ether oxygens (including phenoxy) is 1. The van der Waals surface area contributed by atoms with Gasteiger partial charge in [0, 0.05) is 26.1 Å². The third-order valence-electron chi connectivity index (χ3n) is 4.26. The van der Waals surface area contributed by atoms with E-state index >= 15 is 0 Å². The summed E-state index contributed by atoms with van der Waals surface area (Å²) in [6.45, 7) is 4.50. The third kappa shape index (κ3) is 3.87. The second-order valence-electron chi connectivity index (χ2n) is 6.86. The molecule has 1 N–H and O–H groups in total. The Bertz CT molecular complexity index is 800. The number of benzene rings is 1. The number of carbonyl (C=O) groups excluding carboxylic acids is 2. The van der Waals surface area contributed by atoms with E-state index < -0.39 is 5.92 Å². The molecule has 2 heterocycles. The lowest BCUT2D eigenvalue weighted by Crippen LogP contribution is -2.41. The van der Waals surface area contributed by atoms with Gasteiger partial charge in [-0.3, -0.25) is 9.59 Å². The monoisotopic (exact) mass is 357 g/mol. The minimum atomic E-state index is -0.474. The molecule has 26 heavy (non-hydrogen) atoms. The minimum absolute atomic E-state index is 0.101. The lowest BCUT2D eigenvalue weighted by molar-refractivity contribution is -0.122. The Balaban J connectivity index is 1.62. The molecule has 7 nitrogen and oxygen atoms in total. The molecule has 1 unspecified atom stereocenters. The van der Waals surface area contributed by atoms with Crippen molar-refractivity contribution in [3.63, 3.8) is 0 Å². The van der Waals surface area contributed by atoms with Gasteiger partial charge < -0.3 is 19.5 Å². The number of nitrogens with zero attached hydrogens (tertiary/aromatic N) is 2. The van der Waals surface area contributed by atoms with E-state index in [0.717, 1.165) is 12.1 Å². The van der Waals surface area contributed by atoms with Gasteiger partial charge in [-0.15, -0.1) is 0 Å². The third-order valence-corrected chi connectivity index (χ3v) is 4.26. The maximum Gasteiger partial charge on any atom is 0.273 e. The maximum atomic E-state index is 12.6. The Morgan fingerprint density at radius 1 is 1.38 bits per heavy atom. The molecule has 0 saturated heterocycles. The van der Waals surface area contributed by atoms with Crippen molar-refractivity contribution in [1.29, 1.82) is 0 Å². The average molecular weight is 357 g/mol. The van der Waals surface area contributed by atoms with E-state index in [-0.39, 0.29) is 30.7 Å². The molecule has 2 aromatic rings. The van der Waals surface area contributed by atoms with E-state index in [1.807, 2.05) is 24.3 Å². The Hall–Kier alpha value is -2.83. The lowest BCUT2D eigenvalue weighted by Gasteiger charge is -2.19. The molecule has 1 aliphatic heterocycles. The molecule has 0 saturated carbocycles. The number of hydrogen-bond donors (Lipinski definition) is 1. The zero-order chi connectivity index (χ0) is 18.7. The molecule has 1 aromatic carbocycles. The predicted octanol–water partition coefficient (Wildman–Crippen LogP) is 2.27. The number of aromatic nitrogens is 1. The molecular weight excluding hydrogens is 334 g/mol. The molecule has 138 valence electrons. The van der Waals surface area contributed by atoms with Crippen molar-refractivity contribution in [2.45, 2.75) is 20.3 Å². The van der Waals surface area contributed by atoms with E-state index in [0.29, 0.717) is 17.4 Å². The molecule has 1 aliphatic rings. The van der Waals surface area contributed by atoms with Crippen molar-refractivity contribution in [1.82, 2.24) is 10.5 Å². The standard InChI is InChI=1S/C19H23N3O4/c1-12(2)8-14-9-15(21-26-14)18(23)20-10-13-11-25-17-7-5-4-6-16(17)22(3)19(13)24/h4-7,9,12-13H,8,10-11H2,1-3H3,(H,20,23). The van der Waals surface area contributed by atoms with Gasteiger partial charge in [-0.25, -0.2) is 0 Å². The van der Waals surface area contributed by atoms with Crippen molar-refractivity contribution in [2.75, 3.05) is 25.1 Å². The fourth-order valence-corrected chi connectivity index (χ4v) is 2.88. The minimum Gasteiger partial charge on any atom is -0.490 e. The van der Waals surface area contributed by atoms with Crippen LogP contribution in [0, 0.1) is 11.8 Å². The maximum absolute atomic E-state index is 12.6. The summed E-state index contributed by atoms with van der Waals surface area (Å²) in [5.41, 5.74) is 0.945. The molecule has 1 aromatic heterocycles. The second kappa shape index (κ2) is 7.59. The van der Waals surface area contributed by atoms with Crippen LogP contribution < -0.4 is 15.0 Å². The molecular formula is C19H23N3O4. The van der Waals surface area contributed by atoms with Gasteiger partial charge in [0.2, 0.25) is 5.91 Å². The van der Waals surface area contributed by atoms with Crippen LogP contribution in [0.1, 0.15) is 30.1 Å². The SMILES string of the molecule is CC(C)Cc1cc(C(=O)NCC2COc3ccccc3N(C)C2=O)no1. The van der Waals surface area contributed by atoms with Crippen molar-refractivity contribution in [2.24, 2.45) is 11.8 Å². The van der Waals surface area contributed by atoms with E-state index in [4.69, 9.17) is 9.26 Å². The Kier molecular flexibility index (Phi) is 5.25. The molecule has 2 amide bonds. The first-order chi connectivity index (χ1) is 12.5. The smallest absolute Gasteiger partial charge is 0.273 e. The van der Waals surface area contributed by atoms with Crippen LogP contribution >= 0.6 is 0 Å². The summed E-state index contributed by atoms with van der Waals surface area (Å²) in [7, 11) is 1.71. The number of fused-ring (bicyclic) bond motifs is 1. The number of hydrogen-bond acceptors (Lipinski definition) is 5. The fourth-order valence-electron chi connectivity index (χ4n) is 2.88. The summed E-state index contributed by atoms with van der Waals surface area (Å²) >= 11 is 0. The van der Waals surface area contributed by atoms with Crippen LogP contribution in [0.2, 0.25) is 0 Å². The summed E-state index contributed by atoms with van der Waals surface area (Å²) in [5, 5.41) is 6.56. The highest BCUT2D eigenvalue weighted by molar-refractivity contribution is 5.97. The molecule has 0 radical (unpaired) electrons. The highest BCUT2D eigenvalue weighted by Crippen LogP contribution is 2.31. The van der Waals surface area contributed by atoms with Crippen molar-refractivity contribution >= 4 is 17.5 Å². The van der Waals surface area contributed by atoms with E-state index in [9.17, 15) is 9.59 Å². The number of anilines is 1. The molecule has 7 heteroatoms. The zero-order valence-electron chi connectivity index (χ0n) is 15.2. The first-order valence-corrected chi connectivity index (χ1v) is 8.69. The van der Waals surface area contributed by atoms with Crippen molar-refractivity contribution in [3.8, 4) is 5.75 Å². The number of rotatable bonds is 5. The fraction of sp³-hybridized carbons (Fsp3) is 0.421. The lowest BCUT2D eigenvalue weighted by atomic mass is 10.1. The normalized spacial score (nSPS) is 16.8. The van der Waals surface area contributed by atoms with Crippen LogP contribution in [0.5, 0.6) is 5.75 Å². The van der Waals surface area contributed by atoms with Gasteiger partial charge in [0.25, 0.3) is 5.91 Å². The van der Waals surface area contributed by atoms with Crippen molar-refractivity contribution in [3.05, 3.63) is 41.8 Å². The number of carbonyl (C=O) groups is 2. The van der Waals surface area contributed by atoms with Gasteiger partial charge in [0.05, 0.1) is 11.6 Å². The van der Waals surface area contributed by atoms with E-state index in [1.54, 1.807) is 18.0 Å². The molecule has 0 aliphatic carbocycles. The van der Waals surface area contributed by atoms with Gasteiger partial charge in [-0.1, -0.05) is 31.1 Å². The summed E-state index contributed by atoms with van der Waals surface area (Å²) in [6.07, 6.45) is 0.721. The molecule has 0 fully saturated rings. The number of para-hydroxylation sites is 2. The Morgan fingerprint density at radius 2 is 2.15 bits per heavy atom. The highest BCUT2D eigenvalue weighted by Gasteiger charge is 2.29. The van der Waals surface area contributed by atoms with Gasteiger partial charge in [0.15, 0.2) is 5.69 Å². The van der Waals surface area contributed by atoms with Crippen LogP contribution in [0.25, 0.3) is 0 Å². The number of amides is 2. The van der Waals surface area contributed by atoms with Crippen LogP contribution in [0.15, 0.2) is 34.9 Å². The number of nitrogens with one attached hydrogen (secondary N) is 1. The quantitative estimate of drug-likeness (QED) is 0.887. The van der Waals surface area contributed by atoms with E-state index in [1.165, 1.54) is 0 Å². The van der Waals surface area contributed by atoms with Gasteiger partial charge in [-0.2, -0.15) is 0 Å². The van der Waals surface area contributed by atoms with Crippen LogP contribution in [0.4, 0.5) is 5.69 Å². The first kappa shape index (κ1) is 18.0. The highest BCUT2D eigenvalue weighted by atomic mass is 16.5. The second-order valence-corrected chi connectivity index (χ2v) is 6.86. The van der Waals surface area contributed by atoms with Crippen LogP contribution in [-0.2, 0) is 11.2 Å². The van der Waals surface area contributed by atoms with Gasteiger partial charge in [-0.05, 0) is 18.1 Å². The summed E-state index contributed by atoms with van der Waals surface area (Å²) in [4.78, 5) is 26.5. The molecule has 0 bridgehead atoms. The molecule has 0 spiro atoms. The average Bonchev–Trinajstić information content (AvgIpc) is 3.04. The summed E-state index contributed by atoms with van der Waals surface area (Å²) in [6, 6.07) is 9.01. The first-order valence-electron chi connectivity index (χ1n) is 8.69. The topological polar surface area (TPSA) is 84.7 Å². The summed E-state index contributed by atoms with van der Waals surface area (Å²) < 4.78 is 10.9. The Labute approximate surface area is 152 Å². The summed E-state index contributed by atoms with van der Waals surface area (Å²) in [5.74, 6) is 0.813. The Morgan fingerprint density at radius 3 is 2.92 bits per heavy atom. The molecule has 3 rings (SSSR count). The van der Waals surface area contributed by atoms with Gasteiger partial charge >= 0.3 is 0 Å². The molecule has 1 atom stereocenters. The van der Waals surface area contributed by atoms with E-state index in [2.05, 4.69) is 24.3 Å². The van der Waals surface area contributed by atoms with Crippen molar-refractivity contribution < 1.29 is 18.8 Å².